The topological polar surface area (TPSA) is 54.9 Å². The van der Waals surface area contributed by atoms with E-state index in [2.05, 4.69) is 36.3 Å². The van der Waals surface area contributed by atoms with Gasteiger partial charge in [-0.25, -0.2) is 0 Å². The summed E-state index contributed by atoms with van der Waals surface area (Å²) in [4.78, 5) is 12.5. The predicted molar refractivity (Wildman–Crippen MR) is 91.7 cm³/mol. The standard InChI is InChI=1S/C17H23N3OS/c1-6-17(5,7-2)15-19-20-16(22-15)18-14(21)13-11(3)9-8-10-12(13)4/h8-10H,6-7H2,1-5H3,(H,18,20,21). The predicted octanol–water partition coefficient (Wildman–Crippen LogP) is 4.48. The van der Waals surface area contributed by atoms with Crippen LogP contribution < -0.4 is 5.32 Å². The van der Waals surface area contributed by atoms with Crippen LogP contribution in [0.4, 0.5) is 5.13 Å². The van der Waals surface area contributed by atoms with E-state index in [1.54, 1.807) is 0 Å². The number of nitrogens with zero attached hydrogens (tertiary/aromatic N) is 2. The zero-order chi connectivity index (χ0) is 16.3. The van der Waals surface area contributed by atoms with E-state index >= 15 is 0 Å². The Morgan fingerprint density at radius 3 is 2.32 bits per heavy atom. The number of nitrogens with one attached hydrogen (secondary N) is 1. The lowest BCUT2D eigenvalue weighted by Crippen LogP contribution is -2.19. The minimum absolute atomic E-state index is 0.0270. The summed E-state index contributed by atoms with van der Waals surface area (Å²) in [5.74, 6) is -0.118. The lowest BCUT2D eigenvalue weighted by molar-refractivity contribution is 0.102. The number of benzene rings is 1. The molecule has 22 heavy (non-hydrogen) atoms. The minimum Gasteiger partial charge on any atom is -0.296 e. The van der Waals surface area contributed by atoms with Crippen LogP contribution in [0.1, 0.15) is 60.1 Å². The summed E-state index contributed by atoms with van der Waals surface area (Å²) in [6.07, 6.45) is 2.01. The van der Waals surface area contributed by atoms with Crippen LogP contribution in [-0.2, 0) is 5.41 Å². The number of aromatic nitrogens is 2. The minimum atomic E-state index is -0.118. The summed E-state index contributed by atoms with van der Waals surface area (Å²) in [6, 6.07) is 5.84. The Morgan fingerprint density at radius 2 is 1.77 bits per heavy atom. The van der Waals surface area contributed by atoms with Gasteiger partial charge in [0.05, 0.1) is 0 Å². The van der Waals surface area contributed by atoms with Gasteiger partial charge in [-0.3, -0.25) is 10.1 Å². The normalized spacial score (nSPS) is 11.5. The van der Waals surface area contributed by atoms with E-state index in [1.165, 1.54) is 11.3 Å². The Balaban J connectivity index is 2.22. The van der Waals surface area contributed by atoms with E-state index < -0.39 is 0 Å². The van der Waals surface area contributed by atoms with E-state index in [9.17, 15) is 4.79 Å². The van der Waals surface area contributed by atoms with Gasteiger partial charge in [0.2, 0.25) is 5.13 Å². The molecular formula is C17H23N3OS. The van der Waals surface area contributed by atoms with Gasteiger partial charge in [-0.05, 0) is 37.8 Å². The van der Waals surface area contributed by atoms with Gasteiger partial charge in [-0.2, -0.15) is 0 Å². The molecule has 0 spiro atoms. The molecule has 0 unspecified atom stereocenters. The van der Waals surface area contributed by atoms with E-state index in [4.69, 9.17) is 0 Å². The molecule has 4 nitrogen and oxygen atoms in total. The number of rotatable bonds is 5. The Hall–Kier alpha value is -1.75. The third-order valence-electron chi connectivity index (χ3n) is 4.43. The second kappa shape index (κ2) is 6.57. The molecule has 0 aliphatic carbocycles. The highest BCUT2D eigenvalue weighted by molar-refractivity contribution is 7.15. The van der Waals surface area contributed by atoms with Gasteiger partial charge in [-0.1, -0.05) is 50.3 Å². The Morgan fingerprint density at radius 1 is 1.18 bits per heavy atom. The molecule has 1 amide bonds. The molecule has 1 aromatic heterocycles. The SMILES string of the molecule is CCC(C)(CC)c1nnc(NC(=O)c2c(C)cccc2C)s1. The summed E-state index contributed by atoms with van der Waals surface area (Å²) in [5, 5.41) is 12.8. The number of carbonyl (C=O) groups excluding carboxylic acids is 1. The molecule has 0 saturated carbocycles. The van der Waals surface area contributed by atoms with Crippen LogP contribution in [0.15, 0.2) is 18.2 Å². The second-order valence-electron chi connectivity index (χ2n) is 5.90. The summed E-state index contributed by atoms with van der Waals surface area (Å²) >= 11 is 1.47. The fourth-order valence-electron chi connectivity index (χ4n) is 2.40. The Bertz CT molecular complexity index is 654. The second-order valence-corrected chi connectivity index (χ2v) is 6.88. The summed E-state index contributed by atoms with van der Waals surface area (Å²) < 4.78 is 0. The Kier molecular flexibility index (Phi) is 4.96. The van der Waals surface area contributed by atoms with Gasteiger partial charge in [0.25, 0.3) is 5.91 Å². The van der Waals surface area contributed by atoms with Crippen molar-refractivity contribution in [1.82, 2.24) is 10.2 Å². The molecular weight excluding hydrogens is 294 g/mol. The maximum Gasteiger partial charge on any atom is 0.258 e. The number of hydrogen-bond donors (Lipinski definition) is 1. The van der Waals surface area contributed by atoms with Crippen molar-refractivity contribution < 1.29 is 4.79 Å². The number of amides is 1. The highest BCUT2D eigenvalue weighted by Gasteiger charge is 2.27. The maximum atomic E-state index is 12.5. The van der Waals surface area contributed by atoms with Crippen molar-refractivity contribution >= 4 is 22.4 Å². The van der Waals surface area contributed by atoms with Crippen LogP contribution in [0.3, 0.4) is 0 Å². The summed E-state index contributed by atoms with van der Waals surface area (Å²) in [5.41, 5.74) is 2.68. The van der Waals surface area contributed by atoms with Gasteiger partial charge >= 0.3 is 0 Å². The van der Waals surface area contributed by atoms with Gasteiger partial charge in [0, 0.05) is 11.0 Å². The molecule has 0 saturated heterocycles. The van der Waals surface area contributed by atoms with Gasteiger partial charge in [0.1, 0.15) is 5.01 Å². The quantitative estimate of drug-likeness (QED) is 0.884. The molecule has 1 aromatic carbocycles. The van der Waals surface area contributed by atoms with E-state index in [1.807, 2.05) is 32.0 Å². The zero-order valence-corrected chi connectivity index (χ0v) is 14.7. The van der Waals surface area contributed by atoms with Gasteiger partial charge in [0.15, 0.2) is 0 Å². The van der Waals surface area contributed by atoms with Crippen LogP contribution in [0.25, 0.3) is 0 Å². The monoisotopic (exact) mass is 317 g/mol. The number of carbonyl (C=O) groups is 1. The highest BCUT2D eigenvalue weighted by atomic mass is 32.1. The van der Waals surface area contributed by atoms with Crippen LogP contribution in [0, 0.1) is 13.8 Å². The molecule has 1 N–H and O–H groups in total. The van der Waals surface area contributed by atoms with Gasteiger partial charge < -0.3 is 0 Å². The molecule has 2 aromatic rings. The first kappa shape index (κ1) is 16.6. The van der Waals surface area contributed by atoms with Crippen molar-refractivity contribution in [2.45, 2.75) is 52.9 Å². The average Bonchev–Trinajstić information content (AvgIpc) is 2.95. The first-order valence-electron chi connectivity index (χ1n) is 7.62. The first-order valence-corrected chi connectivity index (χ1v) is 8.44. The highest BCUT2D eigenvalue weighted by Crippen LogP contribution is 2.34. The van der Waals surface area contributed by atoms with Crippen molar-refractivity contribution in [2.75, 3.05) is 5.32 Å². The molecule has 0 aliphatic rings. The van der Waals surface area contributed by atoms with Crippen molar-refractivity contribution in [2.24, 2.45) is 0 Å². The van der Waals surface area contributed by atoms with Crippen molar-refractivity contribution in [1.29, 1.82) is 0 Å². The fourth-order valence-corrected chi connectivity index (χ4v) is 3.43. The lowest BCUT2D eigenvalue weighted by Gasteiger charge is -2.22. The molecule has 0 bridgehead atoms. The largest absolute Gasteiger partial charge is 0.296 e. The molecule has 118 valence electrons. The molecule has 0 fully saturated rings. The molecule has 0 atom stereocenters. The first-order chi connectivity index (χ1) is 10.4. The third-order valence-corrected chi connectivity index (χ3v) is 5.58. The van der Waals surface area contributed by atoms with Crippen molar-refractivity contribution in [3.05, 3.63) is 39.9 Å². The van der Waals surface area contributed by atoms with Crippen LogP contribution >= 0.6 is 11.3 Å². The zero-order valence-electron chi connectivity index (χ0n) is 13.9. The number of aryl methyl sites for hydroxylation is 2. The summed E-state index contributed by atoms with van der Waals surface area (Å²) in [6.45, 7) is 10.4. The van der Waals surface area contributed by atoms with Crippen LogP contribution in [0.5, 0.6) is 0 Å². The molecule has 2 rings (SSSR count). The van der Waals surface area contributed by atoms with E-state index in [0.717, 1.165) is 29.0 Å². The molecule has 1 heterocycles. The Labute approximate surface area is 136 Å². The van der Waals surface area contributed by atoms with Gasteiger partial charge in [-0.15, -0.1) is 10.2 Å². The van der Waals surface area contributed by atoms with E-state index in [0.29, 0.717) is 10.7 Å². The van der Waals surface area contributed by atoms with Crippen LogP contribution in [-0.4, -0.2) is 16.1 Å². The van der Waals surface area contributed by atoms with Crippen molar-refractivity contribution in [3.8, 4) is 0 Å². The smallest absolute Gasteiger partial charge is 0.258 e. The molecule has 5 heteroatoms. The van der Waals surface area contributed by atoms with Crippen molar-refractivity contribution in [3.63, 3.8) is 0 Å². The maximum absolute atomic E-state index is 12.5. The van der Waals surface area contributed by atoms with E-state index in [-0.39, 0.29) is 11.3 Å². The number of anilines is 1. The molecule has 0 radical (unpaired) electrons. The lowest BCUT2D eigenvalue weighted by atomic mass is 9.86. The fraction of sp³-hybridized carbons (Fsp3) is 0.471. The summed E-state index contributed by atoms with van der Waals surface area (Å²) in [7, 11) is 0. The van der Waals surface area contributed by atoms with Crippen LogP contribution in [0.2, 0.25) is 0 Å². The average molecular weight is 317 g/mol. The third kappa shape index (κ3) is 3.19. The molecule has 0 aliphatic heterocycles. The number of hydrogen-bond acceptors (Lipinski definition) is 4.